The zero-order valence-corrected chi connectivity index (χ0v) is 10.0. The van der Waals surface area contributed by atoms with Crippen LogP contribution in [-0.2, 0) is 20.8 Å². The topological polar surface area (TPSA) is 27.7 Å². The summed E-state index contributed by atoms with van der Waals surface area (Å²) in [4.78, 5) is 0. The Morgan fingerprint density at radius 1 is 1.25 bits per heavy atom. The zero-order valence-electron chi connectivity index (χ0n) is 10.0. The van der Waals surface area contributed by atoms with Crippen LogP contribution in [0.2, 0.25) is 0 Å². The lowest BCUT2D eigenvalue weighted by Gasteiger charge is -2.03. The van der Waals surface area contributed by atoms with E-state index in [-0.39, 0.29) is 6.29 Å². The minimum absolute atomic E-state index is 0.0972. The Hall–Kier alpha value is -0.900. The van der Waals surface area contributed by atoms with Crippen molar-refractivity contribution >= 4 is 0 Å². The Bertz CT molecular complexity index is 255. The molecule has 0 spiro atoms. The molecule has 1 atom stereocenters. The van der Waals surface area contributed by atoms with E-state index in [1.54, 1.807) is 14.2 Å². The van der Waals surface area contributed by atoms with Gasteiger partial charge >= 0.3 is 0 Å². The average Bonchev–Trinajstić information content (AvgIpc) is 2.84. The van der Waals surface area contributed by atoms with Gasteiger partial charge in [-0.1, -0.05) is 30.3 Å². The molecule has 3 heteroatoms. The monoisotopic (exact) mass is 224 g/mol. The highest BCUT2D eigenvalue weighted by Gasteiger charge is 2.12. The summed E-state index contributed by atoms with van der Waals surface area (Å²) in [6.45, 7) is 1.58. The van der Waals surface area contributed by atoms with Crippen LogP contribution in [0.5, 0.6) is 0 Å². The predicted octanol–water partition coefficient (Wildman–Crippen LogP) is 2.60. The molecule has 1 aromatic carbocycles. The summed E-state index contributed by atoms with van der Waals surface area (Å²) in [6.07, 6.45) is 2.31. The van der Waals surface area contributed by atoms with Crippen LogP contribution in [0.15, 0.2) is 30.3 Å². The summed E-state index contributed by atoms with van der Waals surface area (Å²) in [5.41, 5.74) is 1.22. The van der Waals surface area contributed by atoms with Crippen molar-refractivity contribution in [1.29, 1.82) is 0 Å². The van der Waals surface area contributed by atoms with Crippen molar-refractivity contribution in [2.24, 2.45) is 0 Å². The van der Waals surface area contributed by atoms with E-state index in [1.807, 2.05) is 30.3 Å². The Labute approximate surface area is 97.3 Å². The van der Waals surface area contributed by atoms with Crippen molar-refractivity contribution in [3.05, 3.63) is 35.9 Å². The van der Waals surface area contributed by atoms with Gasteiger partial charge in [0.25, 0.3) is 0 Å². The molecule has 16 heavy (non-hydrogen) atoms. The summed E-state index contributed by atoms with van der Waals surface area (Å²) in [5.74, 6) is 0. The molecular formula is C13H20O3. The summed E-state index contributed by atoms with van der Waals surface area (Å²) in [5, 5.41) is 0. The molecule has 0 saturated carbocycles. The Morgan fingerprint density at radius 2 is 2.00 bits per heavy atom. The molecule has 1 unspecified atom stereocenters. The molecule has 1 aromatic rings. The van der Waals surface area contributed by atoms with Gasteiger partial charge in [0.2, 0.25) is 0 Å². The van der Waals surface area contributed by atoms with Crippen LogP contribution in [0.4, 0.5) is 0 Å². The van der Waals surface area contributed by atoms with Crippen molar-refractivity contribution in [2.75, 3.05) is 20.8 Å². The van der Waals surface area contributed by atoms with Gasteiger partial charge in [0.15, 0.2) is 6.29 Å². The first-order valence-electron chi connectivity index (χ1n) is 5.54. The van der Waals surface area contributed by atoms with Gasteiger partial charge in [-0.15, -0.1) is 0 Å². The number of hydrogen-bond acceptors (Lipinski definition) is 3. The van der Waals surface area contributed by atoms with Crippen molar-refractivity contribution in [3.8, 4) is 0 Å². The summed E-state index contributed by atoms with van der Waals surface area (Å²) >= 11 is 0. The molecule has 1 saturated heterocycles. The highest BCUT2D eigenvalue weighted by Crippen LogP contribution is 2.10. The molecule has 1 aliphatic heterocycles. The van der Waals surface area contributed by atoms with Gasteiger partial charge in [-0.2, -0.15) is 0 Å². The second kappa shape index (κ2) is 8.28. The fraction of sp³-hybridized carbons (Fsp3) is 0.538. The molecule has 3 nitrogen and oxygen atoms in total. The van der Waals surface area contributed by atoms with E-state index in [4.69, 9.17) is 14.2 Å². The quantitative estimate of drug-likeness (QED) is 0.790. The van der Waals surface area contributed by atoms with Crippen molar-refractivity contribution in [3.63, 3.8) is 0 Å². The first-order valence-corrected chi connectivity index (χ1v) is 5.54. The second-order valence-corrected chi connectivity index (χ2v) is 3.60. The standard InChI is InChI=1S/C8H10O.C5H10O2/c1-9-7-8-5-3-2-4-6-8;1-6-5-3-2-4-7-5/h2-6H,7H2,1H3;5H,2-4H2,1H3. The molecule has 0 N–H and O–H groups in total. The summed E-state index contributed by atoms with van der Waals surface area (Å²) in [7, 11) is 3.38. The summed E-state index contributed by atoms with van der Waals surface area (Å²) < 4.78 is 14.9. The van der Waals surface area contributed by atoms with Crippen LogP contribution in [0.1, 0.15) is 18.4 Å². The van der Waals surface area contributed by atoms with Gasteiger partial charge in [-0.25, -0.2) is 0 Å². The minimum atomic E-state index is 0.0972. The van der Waals surface area contributed by atoms with Gasteiger partial charge in [-0.05, 0) is 12.0 Å². The third-order valence-electron chi connectivity index (χ3n) is 2.30. The number of rotatable bonds is 3. The number of benzene rings is 1. The maximum Gasteiger partial charge on any atom is 0.157 e. The highest BCUT2D eigenvalue weighted by molar-refractivity contribution is 5.13. The Kier molecular flexibility index (Phi) is 6.81. The fourth-order valence-electron chi connectivity index (χ4n) is 1.47. The second-order valence-electron chi connectivity index (χ2n) is 3.60. The van der Waals surface area contributed by atoms with Crippen molar-refractivity contribution < 1.29 is 14.2 Å². The molecule has 2 rings (SSSR count). The van der Waals surface area contributed by atoms with E-state index in [2.05, 4.69) is 0 Å². The van der Waals surface area contributed by atoms with Crippen LogP contribution in [-0.4, -0.2) is 27.1 Å². The molecule has 0 bridgehead atoms. The summed E-state index contributed by atoms with van der Waals surface area (Å²) in [6, 6.07) is 10.1. The van der Waals surface area contributed by atoms with E-state index in [0.29, 0.717) is 6.61 Å². The number of hydrogen-bond donors (Lipinski definition) is 0. The van der Waals surface area contributed by atoms with E-state index in [1.165, 1.54) is 5.56 Å². The van der Waals surface area contributed by atoms with Crippen LogP contribution in [0.3, 0.4) is 0 Å². The van der Waals surface area contributed by atoms with E-state index in [9.17, 15) is 0 Å². The molecule has 0 aliphatic carbocycles. The van der Waals surface area contributed by atoms with Crippen LogP contribution in [0, 0.1) is 0 Å². The molecule has 0 amide bonds. The molecule has 0 aromatic heterocycles. The van der Waals surface area contributed by atoms with E-state index in [0.717, 1.165) is 19.4 Å². The maximum absolute atomic E-state index is 5.08. The number of ether oxygens (including phenoxy) is 3. The van der Waals surface area contributed by atoms with Crippen LogP contribution < -0.4 is 0 Å². The normalized spacial score (nSPS) is 19.0. The number of methoxy groups -OCH3 is 2. The predicted molar refractivity (Wildman–Crippen MR) is 63.1 cm³/mol. The molecular weight excluding hydrogens is 204 g/mol. The van der Waals surface area contributed by atoms with Crippen LogP contribution in [0.25, 0.3) is 0 Å². The van der Waals surface area contributed by atoms with Gasteiger partial charge in [-0.3, -0.25) is 0 Å². The Morgan fingerprint density at radius 3 is 2.44 bits per heavy atom. The molecule has 1 fully saturated rings. The van der Waals surface area contributed by atoms with Gasteiger partial charge < -0.3 is 14.2 Å². The lowest BCUT2D eigenvalue weighted by atomic mass is 10.2. The molecule has 90 valence electrons. The molecule has 1 aliphatic rings. The lowest BCUT2D eigenvalue weighted by molar-refractivity contribution is -0.0880. The third kappa shape index (κ3) is 5.26. The molecule has 0 radical (unpaired) electrons. The van der Waals surface area contributed by atoms with E-state index < -0.39 is 0 Å². The average molecular weight is 224 g/mol. The van der Waals surface area contributed by atoms with Crippen molar-refractivity contribution in [2.45, 2.75) is 25.7 Å². The van der Waals surface area contributed by atoms with Gasteiger partial charge in [0, 0.05) is 27.2 Å². The SMILES string of the molecule is COC1CCCO1.COCc1ccccc1. The lowest BCUT2D eigenvalue weighted by Crippen LogP contribution is -2.05. The minimum Gasteiger partial charge on any atom is -0.380 e. The van der Waals surface area contributed by atoms with Gasteiger partial charge in [0.05, 0.1) is 6.61 Å². The van der Waals surface area contributed by atoms with Crippen molar-refractivity contribution in [1.82, 2.24) is 0 Å². The first-order chi connectivity index (χ1) is 7.86. The van der Waals surface area contributed by atoms with E-state index >= 15 is 0 Å². The Balaban J connectivity index is 0.000000165. The van der Waals surface area contributed by atoms with Gasteiger partial charge in [0.1, 0.15) is 0 Å². The smallest absolute Gasteiger partial charge is 0.157 e. The first kappa shape index (κ1) is 13.2. The third-order valence-corrected chi connectivity index (χ3v) is 2.30. The fourth-order valence-corrected chi connectivity index (χ4v) is 1.47. The molecule has 1 heterocycles. The maximum atomic E-state index is 5.08. The largest absolute Gasteiger partial charge is 0.380 e. The highest BCUT2D eigenvalue weighted by atomic mass is 16.7. The zero-order chi connectivity index (χ0) is 11.6. The van der Waals surface area contributed by atoms with Crippen LogP contribution >= 0.6 is 0 Å².